The Morgan fingerprint density at radius 1 is 1.32 bits per heavy atom. The molecule has 22 heavy (non-hydrogen) atoms. The summed E-state index contributed by atoms with van der Waals surface area (Å²) in [7, 11) is 0. The number of aromatic amines is 1. The minimum atomic E-state index is -5.05. The molecule has 1 aromatic heterocycles. The van der Waals surface area contributed by atoms with Crippen LogP contribution < -0.4 is 4.74 Å². The summed E-state index contributed by atoms with van der Waals surface area (Å²) in [6.07, 6.45) is -5.05. The molecule has 0 radical (unpaired) electrons. The molecule has 0 unspecified atom stereocenters. The molecule has 118 valence electrons. The first-order valence-corrected chi connectivity index (χ1v) is 5.95. The predicted molar refractivity (Wildman–Crippen MR) is 64.4 cm³/mol. The maximum absolute atomic E-state index is 13.4. The number of rotatable bonds is 4. The van der Waals surface area contributed by atoms with Crippen LogP contribution in [0.15, 0.2) is 18.2 Å². The summed E-state index contributed by atoms with van der Waals surface area (Å²) in [5.41, 5.74) is -0.297. The van der Waals surface area contributed by atoms with Crippen LogP contribution in [0.25, 0.3) is 11.3 Å². The Balaban J connectivity index is 2.40. The molecule has 0 amide bonds. The van der Waals surface area contributed by atoms with Crippen molar-refractivity contribution >= 4 is 5.97 Å². The first kappa shape index (κ1) is 15.7. The van der Waals surface area contributed by atoms with E-state index in [0.717, 1.165) is 18.2 Å². The van der Waals surface area contributed by atoms with E-state index in [4.69, 9.17) is 4.74 Å². The third-order valence-electron chi connectivity index (χ3n) is 2.45. The second-order valence-corrected chi connectivity index (χ2v) is 3.93. The number of halogens is 4. The number of hydrogen-bond acceptors (Lipinski definition) is 5. The fraction of sp³-hybridized carbons (Fsp3) is 0.250. The highest BCUT2D eigenvalue weighted by atomic mass is 19.4. The van der Waals surface area contributed by atoms with Gasteiger partial charge in [0, 0.05) is 5.56 Å². The van der Waals surface area contributed by atoms with Crippen molar-refractivity contribution < 1.29 is 31.8 Å². The number of carbonyl (C=O) groups excluding carboxylic acids is 1. The van der Waals surface area contributed by atoms with E-state index in [9.17, 15) is 22.4 Å². The Bertz CT molecular complexity index is 684. The molecule has 0 spiro atoms. The van der Waals surface area contributed by atoms with E-state index in [1.54, 1.807) is 6.92 Å². The number of ether oxygens (including phenoxy) is 2. The smallest absolute Gasteiger partial charge is 0.461 e. The second-order valence-electron chi connectivity index (χ2n) is 3.93. The molecule has 0 aliphatic heterocycles. The number of esters is 1. The van der Waals surface area contributed by atoms with Gasteiger partial charge < -0.3 is 9.47 Å². The SMILES string of the molecule is CCOC(=O)c1n[nH]nc1-c1ccc(F)c(OC(F)(F)F)c1. The molecule has 10 heteroatoms. The van der Waals surface area contributed by atoms with Gasteiger partial charge in [-0.1, -0.05) is 0 Å². The zero-order chi connectivity index (χ0) is 16.3. The highest BCUT2D eigenvalue weighted by molar-refractivity contribution is 5.93. The quantitative estimate of drug-likeness (QED) is 0.692. The van der Waals surface area contributed by atoms with Crippen LogP contribution in [-0.4, -0.2) is 34.3 Å². The van der Waals surface area contributed by atoms with E-state index in [0.29, 0.717) is 0 Å². The van der Waals surface area contributed by atoms with E-state index in [1.165, 1.54) is 0 Å². The van der Waals surface area contributed by atoms with Gasteiger partial charge in [-0.2, -0.15) is 10.3 Å². The topological polar surface area (TPSA) is 77.1 Å². The zero-order valence-corrected chi connectivity index (χ0v) is 11.1. The van der Waals surface area contributed by atoms with Crippen molar-refractivity contribution in [2.45, 2.75) is 13.3 Å². The van der Waals surface area contributed by atoms with E-state index in [1.807, 2.05) is 0 Å². The van der Waals surface area contributed by atoms with Crippen LogP contribution in [0, 0.1) is 5.82 Å². The van der Waals surface area contributed by atoms with Gasteiger partial charge in [-0.25, -0.2) is 9.18 Å². The fourth-order valence-electron chi connectivity index (χ4n) is 1.63. The zero-order valence-electron chi connectivity index (χ0n) is 11.1. The lowest BCUT2D eigenvalue weighted by Crippen LogP contribution is -2.18. The molecule has 0 atom stereocenters. The average Bonchev–Trinajstić information content (AvgIpc) is 2.89. The number of benzene rings is 1. The van der Waals surface area contributed by atoms with Crippen molar-refractivity contribution in [2.75, 3.05) is 6.61 Å². The molecule has 0 fully saturated rings. The normalized spacial score (nSPS) is 11.3. The van der Waals surface area contributed by atoms with Crippen LogP contribution in [-0.2, 0) is 4.74 Å². The summed E-state index contributed by atoms with van der Waals surface area (Å²) < 4.78 is 58.3. The third-order valence-corrected chi connectivity index (χ3v) is 2.45. The van der Waals surface area contributed by atoms with Gasteiger partial charge in [-0.3, -0.25) is 0 Å². The molecule has 0 saturated heterocycles. The predicted octanol–water partition coefficient (Wildman–Crippen LogP) is 2.69. The molecule has 6 nitrogen and oxygen atoms in total. The van der Waals surface area contributed by atoms with Crippen molar-refractivity contribution in [3.8, 4) is 17.0 Å². The van der Waals surface area contributed by atoms with Gasteiger partial charge in [0.2, 0.25) is 0 Å². The summed E-state index contributed by atoms with van der Waals surface area (Å²) in [5.74, 6) is -3.06. The van der Waals surface area contributed by atoms with Crippen LogP contribution in [0.2, 0.25) is 0 Å². The maximum atomic E-state index is 13.4. The lowest BCUT2D eigenvalue weighted by molar-refractivity contribution is -0.275. The molecule has 0 aliphatic rings. The lowest BCUT2D eigenvalue weighted by Gasteiger charge is -2.10. The monoisotopic (exact) mass is 319 g/mol. The lowest BCUT2D eigenvalue weighted by atomic mass is 10.1. The van der Waals surface area contributed by atoms with E-state index in [-0.39, 0.29) is 23.6 Å². The van der Waals surface area contributed by atoms with Crippen molar-refractivity contribution in [1.29, 1.82) is 0 Å². The van der Waals surface area contributed by atoms with E-state index < -0.39 is 23.9 Å². The van der Waals surface area contributed by atoms with Gasteiger partial charge in [-0.05, 0) is 25.1 Å². The number of hydrogen-bond donors (Lipinski definition) is 1. The summed E-state index contributed by atoms with van der Waals surface area (Å²) in [4.78, 5) is 11.7. The Hall–Kier alpha value is -2.65. The molecular formula is C12H9F4N3O3. The van der Waals surface area contributed by atoms with Crippen molar-refractivity contribution in [2.24, 2.45) is 0 Å². The maximum Gasteiger partial charge on any atom is 0.573 e. The third kappa shape index (κ3) is 3.51. The van der Waals surface area contributed by atoms with Crippen LogP contribution in [0.4, 0.5) is 17.6 Å². The number of nitrogens with zero attached hydrogens (tertiary/aromatic N) is 2. The highest BCUT2D eigenvalue weighted by Crippen LogP contribution is 2.30. The molecule has 0 saturated carbocycles. The van der Waals surface area contributed by atoms with Crippen LogP contribution in [0.5, 0.6) is 5.75 Å². The Morgan fingerprint density at radius 3 is 2.68 bits per heavy atom. The number of alkyl halides is 3. The van der Waals surface area contributed by atoms with Crippen LogP contribution in [0.3, 0.4) is 0 Å². The minimum absolute atomic E-state index is 0.0115. The largest absolute Gasteiger partial charge is 0.573 e. The van der Waals surface area contributed by atoms with E-state index in [2.05, 4.69) is 20.1 Å². The van der Waals surface area contributed by atoms with Gasteiger partial charge in [0.1, 0.15) is 5.69 Å². The van der Waals surface area contributed by atoms with Crippen molar-refractivity contribution in [3.63, 3.8) is 0 Å². The second kappa shape index (κ2) is 6.00. The standard InChI is InChI=1S/C12H9F4N3O3/c1-2-21-11(20)10-9(17-19-18-10)6-3-4-7(13)8(5-6)22-12(14,15)16/h3-5H,2H2,1H3,(H,17,18,19). The summed E-state index contributed by atoms with van der Waals surface area (Å²) in [5, 5.41) is 9.39. The summed E-state index contributed by atoms with van der Waals surface area (Å²) in [6, 6.07) is 2.67. The number of aromatic nitrogens is 3. The van der Waals surface area contributed by atoms with Crippen molar-refractivity contribution in [3.05, 3.63) is 29.7 Å². The Morgan fingerprint density at radius 2 is 2.05 bits per heavy atom. The Labute approximate surface area is 121 Å². The average molecular weight is 319 g/mol. The summed E-state index contributed by atoms with van der Waals surface area (Å²) in [6.45, 7) is 1.65. The minimum Gasteiger partial charge on any atom is -0.461 e. The fourth-order valence-corrected chi connectivity index (χ4v) is 1.63. The molecule has 2 rings (SSSR count). The first-order chi connectivity index (χ1) is 10.3. The summed E-state index contributed by atoms with van der Waals surface area (Å²) >= 11 is 0. The van der Waals surface area contributed by atoms with Crippen LogP contribution in [0.1, 0.15) is 17.4 Å². The first-order valence-electron chi connectivity index (χ1n) is 5.95. The van der Waals surface area contributed by atoms with Crippen molar-refractivity contribution in [1.82, 2.24) is 15.4 Å². The van der Waals surface area contributed by atoms with E-state index >= 15 is 0 Å². The number of carbonyl (C=O) groups is 1. The molecule has 1 N–H and O–H groups in total. The Kier molecular flexibility index (Phi) is 4.29. The molecule has 1 heterocycles. The van der Waals surface area contributed by atoms with Gasteiger partial charge >= 0.3 is 12.3 Å². The molecule has 1 aromatic carbocycles. The molecule has 2 aromatic rings. The number of nitrogens with one attached hydrogen (secondary N) is 1. The van der Waals surface area contributed by atoms with Gasteiger partial charge in [-0.15, -0.1) is 18.3 Å². The van der Waals surface area contributed by atoms with Gasteiger partial charge in [0.15, 0.2) is 17.3 Å². The number of H-pyrrole nitrogens is 1. The molecule has 0 bridgehead atoms. The van der Waals surface area contributed by atoms with Gasteiger partial charge in [0.05, 0.1) is 6.61 Å². The highest BCUT2D eigenvalue weighted by Gasteiger charge is 2.32. The van der Waals surface area contributed by atoms with Crippen LogP contribution >= 0.6 is 0 Å². The molecular weight excluding hydrogens is 310 g/mol. The molecule has 0 aliphatic carbocycles. The van der Waals surface area contributed by atoms with Gasteiger partial charge in [0.25, 0.3) is 0 Å².